The molecule has 0 N–H and O–H groups in total. The van der Waals surface area contributed by atoms with E-state index < -0.39 is 0 Å². The van der Waals surface area contributed by atoms with Crippen LogP contribution < -0.4 is 19.1 Å². The van der Waals surface area contributed by atoms with Crippen molar-refractivity contribution >= 4 is 17.3 Å². The summed E-state index contributed by atoms with van der Waals surface area (Å²) in [6.45, 7) is 2.41. The Bertz CT molecular complexity index is 886. The number of hydrogen-bond donors (Lipinski definition) is 0. The molecule has 0 amide bonds. The zero-order valence-electron chi connectivity index (χ0n) is 14.9. The molecule has 3 heterocycles. The molecule has 1 aromatic carbocycles. The molecule has 2 aromatic heterocycles. The van der Waals surface area contributed by atoms with Crippen molar-refractivity contribution in [1.82, 2.24) is 9.97 Å². The second kappa shape index (κ2) is 6.55. The summed E-state index contributed by atoms with van der Waals surface area (Å²) in [4.78, 5) is 11.1. The first-order valence-corrected chi connectivity index (χ1v) is 8.27. The number of anilines is 3. The van der Waals surface area contributed by atoms with Gasteiger partial charge in [0.1, 0.15) is 29.6 Å². The summed E-state index contributed by atoms with van der Waals surface area (Å²) in [5.41, 5.74) is 2.73. The quantitative estimate of drug-likeness (QED) is 0.707. The standard InChI is InChI=1S/C20H19N3O3/c1-13-10-16(24-2)18(17(11-13)25-3)23-19-14(6-4-8-21-19)12-26-15-7-5-9-22-20(15)23/h4-11H,12H2,1-3H3. The molecular formula is C20H19N3O3. The van der Waals surface area contributed by atoms with E-state index in [0.717, 1.165) is 22.6 Å². The Hall–Kier alpha value is -3.28. The number of nitrogens with zero attached hydrogens (tertiary/aromatic N) is 3. The molecule has 4 rings (SSSR count). The molecule has 6 nitrogen and oxygen atoms in total. The number of hydrogen-bond acceptors (Lipinski definition) is 6. The molecule has 0 spiro atoms. The van der Waals surface area contributed by atoms with Gasteiger partial charge in [0, 0.05) is 18.0 Å². The average molecular weight is 349 g/mol. The fraction of sp³-hybridized carbons (Fsp3) is 0.200. The highest BCUT2D eigenvalue weighted by molar-refractivity contribution is 5.85. The van der Waals surface area contributed by atoms with Crippen LogP contribution in [-0.4, -0.2) is 24.2 Å². The van der Waals surface area contributed by atoms with Gasteiger partial charge in [-0.05, 0) is 42.8 Å². The average Bonchev–Trinajstić information content (AvgIpc) is 2.84. The van der Waals surface area contributed by atoms with Gasteiger partial charge in [-0.1, -0.05) is 6.07 Å². The van der Waals surface area contributed by atoms with E-state index in [0.29, 0.717) is 29.7 Å². The zero-order chi connectivity index (χ0) is 18.1. The minimum absolute atomic E-state index is 0.412. The van der Waals surface area contributed by atoms with E-state index in [4.69, 9.17) is 14.2 Å². The third kappa shape index (κ3) is 2.60. The molecule has 6 heteroatoms. The number of fused-ring (bicyclic) bond motifs is 2. The SMILES string of the molecule is COc1cc(C)cc(OC)c1N1c2ncccc2COc2cccnc21. The molecule has 132 valence electrons. The lowest BCUT2D eigenvalue weighted by molar-refractivity contribution is 0.309. The second-order valence-corrected chi connectivity index (χ2v) is 5.95. The number of aryl methyl sites for hydroxylation is 1. The molecule has 1 aliphatic heterocycles. The number of pyridine rings is 2. The van der Waals surface area contributed by atoms with E-state index >= 15 is 0 Å². The van der Waals surface area contributed by atoms with Crippen LogP contribution in [0.2, 0.25) is 0 Å². The fourth-order valence-electron chi connectivity index (χ4n) is 3.12. The number of ether oxygens (including phenoxy) is 3. The molecule has 0 atom stereocenters. The van der Waals surface area contributed by atoms with Crippen LogP contribution in [0.3, 0.4) is 0 Å². The van der Waals surface area contributed by atoms with E-state index in [-0.39, 0.29) is 0 Å². The predicted molar refractivity (Wildman–Crippen MR) is 98.9 cm³/mol. The van der Waals surface area contributed by atoms with Crippen molar-refractivity contribution < 1.29 is 14.2 Å². The van der Waals surface area contributed by atoms with E-state index in [9.17, 15) is 0 Å². The Morgan fingerprint density at radius 1 is 0.962 bits per heavy atom. The molecule has 0 aliphatic carbocycles. The lowest BCUT2D eigenvalue weighted by Crippen LogP contribution is -2.16. The van der Waals surface area contributed by atoms with Gasteiger partial charge in [-0.15, -0.1) is 0 Å². The Kier molecular flexibility index (Phi) is 4.08. The molecule has 0 radical (unpaired) electrons. The van der Waals surface area contributed by atoms with Gasteiger partial charge in [0.25, 0.3) is 0 Å². The molecule has 1 aliphatic rings. The lowest BCUT2D eigenvalue weighted by atomic mass is 10.1. The van der Waals surface area contributed by atoms with Crippen molar-refractivity contribution in [2.75, 3.05) is 19.1 Å². The Balaban J connectivity index is 2.06. The Morgan fingerprint density at radius 2 is 1.62 bits per heavy atom. The number of rotatable bonds is 3. The van der Waals surface area contributed by atoms with Crippen molar-refractivity contribution in [3.8, 4) is 17.2 Å². The van der Waals surface area contributed by atoms with Gasteiger partial charge in [0.2, 0.25) is 0 Å². The van der Waals surface area contributed by atoms with Gasteiger partial charge in [-0.2, -0.15) is 0 Å². The molecule has 26 heavy (non-hydrogen) atoms. The number of benzene rings is 1. The number of methoxy groups -OCH3 is 2. The van der Waals surface area contributed by atoms with E-state index in [2.05, 4.69) is 9.97 Å². The van der Waals surface area contributed by atoms with Crippen LogP contribution in [0.5, 0.6) is 17.2 Å². The van der Waals surface area contributed by atoms with Gasteiger partial charge < -0.3 is 14.2 Å². The smallest absolute Gasteiger partial charge is 0.181 e. The first kappa shape index (κ1) is 16.2. The fourth-order valence-corrected chi connectivity index (χ4v) is 3.12. The number of aromatic nitrogens is 2. The van der Waals surface area contributed by atoms with Crippen LogP contribution in [0.25, 0.3) is 0 Å². The maximum atomic E-state index is 5.97. The Labute approximate surface area is 152 Å². The summed E-state index contributed by atoms with van der Waals surface area (Å²) in [5, 5.41) is 0. The van der Waals surface area contributed by atoms with Crippen LogP contribution in [-0.2, 0) is 6.61 Å². The normalized spacial score (nSPS) is 12.5. The van der Waals surface area contributed by atoms with Gasteiger partial charge in [0.15, 0.2) is 11.6 Å². The van der Waals surface area contributed by atoms with Crippen molar-refractivity contribution in [3.05, 3.63) is 59.9 Å². The Morgan fingerprint density at radius 3 is 2.31 bits per heavy atom. The van der Waals surface area contributed by atoms with Gasteiger partial charge in [-0.3, -0.25) is 4.90 Å². The van der Waals surface area contributed by atoms with Gasteiger partial charge in [0.05, 0.1) is 14.2 Å². The van der Waals surface area contributed by atoms with Crippen molar-refractivity contribution in [1.29, 1.82) is 0 Å². The summed E-state index contributed by atoms with van der Waals surface area (Å²) < 4.78 is 17.3. The molecule has 0 bridgehead atoms. The zero-order valence-corrected chi connectivity index (χ0v) is 14.9. The topological polar surface area (TPSA) is 56.7 Å². The van der Waals surface area contributed by atoms with Crippen LogP contribution in [0.1, 0.15) is 11.1 Å². The maximum Gasteiger partial charge on any atom is 0.181 e. The van der Waals surface area contributed by atoms with Crippen molar-refractivity contribution in [3.63, 3.8) is 0 Å². The minimum Gasteiger partial charge on any atom is -0.494 e. The first-order chi connectivity index (χ1) is 12.7. The van der Waals surface area contributed by atoms with Crippen LogP contribution in [0, 0.1) is 6.92 Å². The van der Waals surface area contributed by atoms with E-state index in [1.165, 1.54) is 0 Å². The summed E-state index contributed by atoms with van der Waals surface area (Å²) >= 11 is 0. The summed E-state index contributed by atoms with van der Waals surface area (Å²) in [5.74, 6) is 3.42. The minimum atomic E-state index is 0.412. The molecule has 0 saturated heterocycles. The third-order valence-corrected chi connectivity index (χ3v) is 4.27. The molecule has 3 aromatic rings. The third-order valence-electron chi connectivity index (χ3n) is 4.27. The molecular weight excluding hydrogens is 330 g/mol. The van der Waals surface area contributed by atoms with Gasteiger partial charge in [-0.25, -0.2) is 9.97 Å². The van der Waals surface area contributed by atoms with E-state index in [1.807, 2.05) is 48.2 Å². The first-order valence-electron chi connectivity index (χ1n) is 8.27. The highest BCUT2D eigenvalue weighted by atomic mass is 16.5. The van der Waals surface area contributed by atoms with Gasteiger partial charge >= 0.3 is 0 Å². The molecule has 0 saturated carbocycles. The monoisotopic (exact) mass is 349 g/mol. The second-order valence-electron chi connectivity index (χ2n) is 5.95. The summed E-state index contributed by atoms with van der Waals surface area (Å²) in [7, 11) is 3.29. The van der Waals surface area contributed by atoms with Crippen molar-refractivity contribution in [2.24, 2.45) is 0 Å². The summed E-state index contributed by atoms with van der Waals surface area (Å²) in [6, 6.07) is 11.6. The largest absolute Gasteiger partial charge is 0.494 e. The van der Waals surface area contributed by atoms with Crippen molar-refractivity contribution in [2.45, 2.75) is 13.5 Å². The highest BCUT2D eigenvalue weighted by Crippen LogP contribution is 2.49. The van der Waals surface area contributed by atoms with Crippen LogP contribution >= 0.6 is 0 Å². The van der Waals surface area contributed by atoms with Crippen LogP contribution in [0.15, 0.2) is 48.8 Å². The van der Waals surface area contributed by atoms with E-state index in [1.54, 1.807) is 26.6 Å². The maximum absolute atomic E-state index is 5.97. The predicted octanol–water partition coefficient (Wildman–Crippen LogP) is 4.16. The van der Waals surface area contributed by atoms with Crippen LogP contribution in [0.4, 0.5) is 17.3 Å². The highest BCUT2D eigenvalue weighted by Gasteiger charge is 2.30. The molecule has 0 fully saturated rings. The molecule has 0 unspecified atom stereocenters. The summed E-state index contributed by atoms with van der Waals surface area (Å²) in [6.07, 6.45) is 3.49. The lowest BCUT2D eigenvalue weighted by Gasteiger charge is -2.27.